The first kappa shape index (κ1) is 13.9. The van der Waals surface area contributed by atoms with E-state index in [1.807, 2.05) is 31.2 Å². The van der Waals surface area contributed by atoms with Crippen LogP contribution in [0, 0.1) is 12.7 Å². The molecule has 0 bridgehead atoms. The number of hydrogen-bond donors (Lipinski definition) is 0. The van der Waals surface area contributed by atoms with E-state index < -0.39 is 0 Å². The smallest absolute Gasteiger partial charge is 0.141 e. The SMILES string of the molecule is Cc1cc(F)ccc1CC(=O)Cc1ccccc1Br. The minimum atomic E-state index is -0.264. The molecule has 2 rings (SSSR count). The van der Waals surface area contributed by atoms with Gasteiger partial charge in [0.05, 0.1) is 0 Å². The van der Waals surface area contributed by atoms with E-state index in [-0.39, 0.29) is 11.6 Å². The highest BCUT2D eigenvalue weighted by atomic mass is 79.9. The Hall–Kier alpha value is -1.48. The van der Waals surface area contributed by atoms with Gasteiger partial charge < -0.3 is 0 Å². The van der Waals surface area contributed by atoms with Gasteiger partial charge >= 0.3 is 0 Å². The van der Waals surface area contributed by atoms with Gasteiger partial charge in [-0.2, -0.15) is 0 Å². The van der Waals surface area contributed by atoms with Crippen LogP contribution in [0.1, 0.15) is 16.7 Å². The van der Waals surface area contributed by atoms with Crippen LogP contribution in [0.5, 0.6) is 0 Å². The van der Waals surface area contributed by atoms with Gasteiger partial charge in [-0.05, 0) is 41.8 Å². The van der Waals surface area contributed by atoms with Crippen LogP contribution < -0.4 is 0 Å². The second-order valence-electron chi connectivity index (χ2n) is 4.55. The van der Waals surface area contributed by atoms with Gasteiger partial charge in [-0.15, -0.1) is 0 Å². The summed E-state index contributed by atoms with van der Waals surface area (Å²) in [4.78, 5) is 12.1. The molecule has 1 nitrogen and oxygen atoms in total. The summed E-state index contributed by atoms with van der Waals surface area (Å²) in [7, 11) is 0. The van der Waals surface area contributed by atoms with E-state index >= 15 is 0 Å². The number of aryl methyl sites for hydroxylation is 1. The van der Waals surface area contributed by atoms with Crippen molar-refractivity contribution in [1.82, 2.24) is 0 Å². The van der Waals surface area contributed by atoms with Crippen LogP contribution in [0.3, 0.4) is 0 Å². The molecule has 0 aliphatic heterocycles. The summed E-state index contributed by atoms with van der Waals surface area (Å²) in [5.74, 6) is -0.138. The summed E-state index contributed by atoms with van der Waals surface area (Å²) in [6.07, 6.45) is 0.728. The van der Waals surface area contributed by atoms with Crippen molar-refractivity contribution in [3.63, 3.8) is 0 Å². The van der Waals surface area contributed by atoms with Gasteiger partial charge in [0, 0.05) is 17.3 Å². The van der Waals surface area contributed by atoms with E-state index in [0.717, 1.165) is 21.2 Å². The lowest BCUT2D eigenvalue weighted by molar-refractivity contribution is -0.117. The number of hydrogen-bond acceptors (Lipinski definition) is 1. The van der Waals surface area contributed by atoms with Gasteiger partial charge in [-0.3, -0.25) is 4.79 Å². The van der Waals surface area contributed by atoms with Crippen molar-refractivity contribution < 1.29 is 9.18 Å². The van der Waals surface area contributed by atoms with Gasteiger partial charge in [0.1, 0.15) is 11.6 Å². The summed E-state index contributed by atoms with van der Waals surface area (Å²) < 4.78 is 13.9. The van der Waals surface area contributed by atoms with Crippen molar-refractivity contribution in [1.29, 1.82) is 0 Å². The lowest BCUT2D eigenvalue weighted by Gasteiger charge is -2.06. The van der Waals surface area contributed by atoms with Crippen LogP contribution in [0.25, 0.3) is 0 Å². The second kappa shape index (κ2) is 6.11. The Morgan fingerprint density at radius 2 is 1.79 bits per heavy atom. The van der Waals surface area contributed by atoms with E-state index in [1.54, 1.807) is 6.07 Å². The maximum atomic E-state index is 13.0. The number of rotatable bonds is 4. The molecule has 98 valence electrons. The Labute approximate surface area is 120 Å². The fraction of sp³-hybridized carbons (Fsp3) is 0.188. The van der Waals surface area contributed by atoms with Crippen molar-refractivity contribution in [3.05, 3.63) is 69.4 Å². The topological polar surface area (TPSA) is 17.1 Å². The minimum Gasteiger partial charge on any atom is -0.299 e. The van der Waals surface area contributed by atoms with Crippen molar-refractivity contribution in [2.75, 3.05) is 0 Å². The number of carbonyl (C=O) groups is 1. The fourth-order valence-electron chi connectivity index (χ4n) is 1.99. The molecular formula is C16H14BrFO. The van der Waals surface area contributed by atoms with Gasteiger partial charge in [0.15, 0.2) is 0 Å². The predicted octanol–water partition coefficient (Wildman–Crippen LogP) is 4.25. The van der Waals surface area contributed by atoms with E-state index in [9.17, 15) is 9.18 Å². The molecule has 0 N–H and O–H groups in total. The highest BCUT2D eigenvalue weighted by Gasteiger charge is 2.09. The molecule has 0 aliphatic carbocycles. The van der Waals surface area contributed by atoms with Crippen LogP contribution in [-0.2, 0) is 17.6 Å². The zero-order valence-corrected chi connectivity index (χ0v) is 12.2. The lowest BCUT2D eigenvalue weighted by atomic mass is 9.99. The average Bonchev–Trinajstić information content (AvgIpc) is 2.36. The minimum absolute atomic E-state index is 0.126. The molecule has 0 aliphatic rings. The summed E-state index contributed by atoms with van der Waals surface area (Å²) in [5, 5.41) is 0. The first-order valence-corrected chi connectivity index (χ1v) is 6.85. The predicted molar refractivity (Wildman–Crippen MR) is 77.7 cm³/mol. The third kappa shape index (κ3) is 3.74. The maximum absolute atomic E-state index is 13.0. The average molecular weight is 321 g/mol. The Balaban J connectivity index is 2.08. The van der Waals surface area contributed by atoms with Crippen LogP contribution >= 0.6 is 15.9 Å². The van der Waals surface area contributed by atoms with Gasteiger partial charge in [-0.1, -0.05) is 40.2 Å². The summed E-state index contributed by atoms with van der Waals surface area (Å²) in [6.45, 7) is 1.82. The van der Waals surface area contributed by atoms with Crippen molar-refractivity contribution in [3.8, 4) is 0 Å². The molecule has 19 heavy (non-hydrogen) atoms. The maximum Gasteiger partial charge on any atom is 0.141 e. The molecule has 0 aromatic heterocycles. The molecule has 0 amide bonds. The molecule has 3 heteroatoms. The van der Waals surface area contributed by atoms with Gasteiger partial charge in [-0.25, -0.2) is 4.39 Å². The van der Waals surface area contributed by atoms with E-state index in [4.69, 9.17) is 0 Å². The van der Waals surface area contributed by atoms with Crippen LogP contribution in [-0.4, -0.2) is 5.78 Å². The monoisotopic (exact) mass is 320 g/mol. The first-order valence-electron chi connectivity index (χ1n) is 6.06. The van der Waals surface area contributed by atoms with E-state index in [2.05, 4.69) is 15.9 Å². The summed E-state index contributed by atoms with van der Waals surface area (Å²) in [5.41, 5.74) is 2.69. The Bertz CT molecular complexity index is 607. The van der Waals surface area contributed by atoms with Crippen LogP contribution in [0.4, 0.5) is 4.39 Å². The highest BCUT2D eigenvalue weighted by Crippen LogP contribution is 2.18. The molecule has 0 spiro atoms. The standard InChI is InChI=1S/C16H14BrFO/c1-11-8-14(18)7-6-12(11)9-15(19)10-13-4-2-3-5-16(13)17/h2-8H,9-10H2,1H3. The normalized spacial score (nSPS) is 10.5. The number of halogens is 2. The van der Waals surface area contributed by atoms with E-state index in [1.165, 1.54) is 12.1 Å². The quantitative estimate of drug-likeness (QED) is 0.823. The Morgan fingerprint density at radius 1 is 1.11 bits per heavy atom. The Kier molecular flexibility index (Phi) is 4.48. The van der Waals surface area contributed by atoms with Crippen LogP contribution in [0.2, 0.25) is 0 Å². The third-order valence-electron chi connectivity index (χ3n) is 3.04. The van der Waals surface area contributed by atoms with Crippen molar-refractivity contribution in [2.24, 2.45) is 0 Å². The molecule has 0 saturated carbocycles. The molecule has 0 fully saturated rings. The molecule has 0 heterocycles. The zero-order valence-electron chi connectivity index (χ0n) is 10.6. The Morgan fingerprint density at radius 3 is 2.47 bits per heavy atom. The highest BCUT2D eigenvalue weighted by molar-refractivity contribution is 9.10. The van der Waals surface area contributed by atoms with Crippen molar-refractivity contribution >= 4 is 21.7 Å². The molecule has 2 aromatic rings. The molecular weight excluding hydrogens is 307 g/mol. The van der Waals surface area contributed by atoms with Crippen LogP contribution in [0.15, 0.2) is 46.9 Å². The molecule has 2 aromatic carbocycles. The van der Waals surface area contributed by atoms with Gasteiger partial charge in [0.25, 0.3) is 0 Å². The lowest BCUT2D eigenvalue weighted by Crippen LogP contribution is -2.08. The van der Waals surface area contributed by atoms with Crippen molar-refractivity contribution in [2.45, 2.75) is 19.8 Å². The zero-order chi connectivity index (χ0) is 13.8. The van der Waals surface area contributed by atoms with Gasteiger partial charge in [0.2, 0.25) is 0 Å². The summed E-state index contributed by atoms with van der Waals surface area (Å²) in [6, 6.07) is 12.2. The third-order valence-corrected chi connectivity index (χ3v) is 3.81. The fourth-order valence-corrected chi connectivity index (χ4v) is 2.41. The molecule has 0 saturated heterocycles. The largest absolute Gasteiger partial charge is 0.299 e. The number of ketones is 1. The molecule has 0 radical (unpaired) electrons. The first-order chi connectivity index (χ1) is 9.06. The molecule has 0 unspecified atom stereocenters. The summed E-state index contributed by atoms with van der Waals surface area (Å²) >= 11 is 3.43. The number of carbonyl (C=O) groups excluding carboxylic acids is 1. The van der Waals surface area contributed by atoms with E-state index in [0.29, 0.717) is 12.8 Å². The number of Topliss-reactive ketones (excluding diaryl/α,β-unsaturated/α-hetero) is 1. The molecule has 0 atom stereocenters. The number of benzene rings is 2. The second-order valence-corrected chi connectivity index (χ2v) is 5.41.